The molecular weight excluding hydrogens is 385 g/mol. The van der Waals surface area contributed by atoms with Crippen LogP contribution >= 0.6 is 0 Å². The second kappa shape index (κ2) is 7.90. The predicted octanol–water partition coefficient (Wildman–Crippen LogP) is 3.15. The number of hydrogen-bond donors (Lipinski definition) is 2. The first-order valence-electron chi connectivity index (χ1n) is 9.47. The minimum absolute atomic E-state index is 0.113. The highest BCUT2D eigenvalue weighted by molar-refractivity contribution is 6.06. The van der Waals surface area contributed by atoms with Gasteiger partial charge in [0.2, 0.25) is 5.91 Å². The lowest BCUT2D eigenvalue weighted by Crippen LogP contribution is -2.32. The molecule has 2 N–H and O–H groups in total. The zero-order valence-corrected chi connectivity index (χ0v) is 16.5. The fraction of sp³-hybridized carbons (Fsp3) is 0.182. The van der Waals surface area contributed by atoms with Gasteiger partial charge in [0.25, 0.3) is 5.91 Å². The summed E-state index contributed by atoms with van der Waals surface area (Å²) in [7, 11) is 0. The highest BCUT2D eigenvalue weighted by Gasteiger charge is 2.29. The molecule has 1 aromatic heterocycles. The van der Waals surface area contributed by atoms with Gasteiger partial charge in [0, 0.05) is 29.8 Å². The molecule has 1 atom stereocenters. The van der Waals surface area contributed by atoms with Gasteiger partial charge < -0.3 is 10.6 Å². The molecule has 0 aliphatic carbocycles. The number of carbonyl (C=O) groups excluding carboxylic acids is 2. The van der Waals surface area contributed by atoms with Gasteiger partial charge in [-0.2, -0.15) is 0 Å². The van der Waals surface area contributed by atoms with Crippen molar-refractivity contribution < 1.29 is 14.0 Å². The number of nitrogens with zero attached hydrogens (tertiary/aromatic N) is 3. The van der Waals surface area contributed by atoms with Crippen LogP contribution in [0.15, 0.2) is 60.4 Å². The Labute approximate surface area is 172 Å². The summed E-state index contributed by atoms with van der Waals surface area (Å²) in [4.78, 5) is 25.0. The van der Waals surface area contributed by atoms with E-state index in [0.29, 0.717) is 16.8 Å². The normalized spacial score (nSPS) is 16.0. The Balaban J connectivity index is 1.62. The van der Waals surface area contributed by atoms with Gasteiger partial charge in [0.15, 0.2) is 0 Å². The van der Waals surface area contributed by atoms with Gasteiger partial charge in [-0.05, 0) is 49.2 Å². The van der Waals surface area contributed by atoms with E-state index in [9.17, 15) is 14.0 Å². The molecule has 2 heterocycles. The van der Waals surface area contributed by atoms with Crippen LogP contribution < -0.4 is 10.6 Å². The second-order valence-electron chi connectivity index (χ2n) is 7.23. The molecule has 3 aromatic rings. The number of benzene rings is 2. The fourth-order valence-electron chi connectivity index (χ4n) is 3.38. The molecule has 0 spiro atoms. The third-order valence-electron chi connectivity index (χ3n) is 5.03. The lowest BCUT2D eigenvalue weighted by Gasteiger charge is -2.24. The van der Waals surface area contributed by atoms with Crippen molar-refractivity contribution in [2.75, 3.05) is 5.32 Å². The Bertz CT molecular complexity index is 1150. The van der Waals surface area contributed by atoms with Crippen molar-refractivity contribution in [3.8, 4) is 5.69 Å². The van der Waals surface area contributed by atoms with Crippen LogP contribution in [0.5, 0.6) is 0 Å². The molecular formula is C22H20FN5O2. The molecule has 2 amide bonds. The van der Waals surface area contributed by atoms with Gasteiger partial charge in [-0.3, -0.25) is 9.59 Å². The van der Waals surface area contributed by atoms with Crippen molar-refractivity contribution in [3.63, 3.8) is 0 Å². The smallest absolute Gasteiger partial charge is 0.253 e. The van der Waals surface area contributed by atoms with Crippen LogP contribution in [-0.4, -0.2) is 26.8 Å². The Morgan fingerprint density at radius 2 is 1.97 bits per heavy atom. The summed E-state index contributed by atoms with van der Waals surface area (Å²) in [6.07, 6.45) is 3.33. The van der Waals surface area contributed by atoms with E-state index in [4.69, 9.17) is 0 Å². The zero-order chi connectivity index (χ0) is 21.3. The fourth-order valence-corrected chi connectivity index (χ4v) is 3.38. The van der Waals surface area contributed by atoms with Crippen LogP contribution in [0, 0.1) is 19.7 Å². The first-order chi connectivity index (χ1) is 14.4. The van der Waals surface area contributed by atoms with Gasteiger partial charge >= 0.3 is 0 Å². The van der Waals surface area contributed by atoms with Gasteiger partial charge in [0.05, 0.1) is 17.6 Å². The third kappa shape index (κ3) is 3.98. The molecule has 4 rings (SSSR count). The number of amides is 2. The van der Waals surface area contributed by atoms with Crippen molar-refractivity contribution in [3.05, 3.63) is 83.1 Å². The molecule has 1 aliphatic rings. The van der Waals surface area contributed by atoms with E-state index in [-0.39, 0.29) is 24.1 Å². The average Bonchev–Trinajstić information content (AvgIpc) is 3.16. The summed E-state index contributed by atoms with van der Waals surface area (Å²) in [6, 6.07) is 11.4. The Hall–Kier alpha value is -3.81. The summed E-state index contributed by atoms with van der Waals surface area (Å²) in [5, 5.41) is 13.6. The molecule has 0 bridgehead atoms. The number of aryl methyl sites for hydroxylation is 2. The second-order valence-corrected chi connectivity index (χ2v) is 7.23. The Kier molecular flexibility index (Phi) is 5.14. The first-order valence-corrected chi connectivity index (χ1v) is 9.47. The van der Waals surface area contributed by atoms with E-state index in [1.54, 1.807) is 23.0 Å². The molecule has 30 heavy (non-hydrogen) atoms. The zero-order valence-electron chi connectivity index (χ0n) is 16.5. The summed E-state index contributed by atoms with van der Waals surface area (Å²) in [5.74, 6) is -1.36. The number of nitrogens with one attached hydrogen (secondary N) is 2. The number of carbonyl (C=O) groups is 2. The lowest BCUT2D eigenvalue weighted by molar-refractivity contribution is -0.121. The van der Waals surface area contributed by atoms with Crippen LogP contribution in [0.25, 0.3) is 5.69 Å². The van der Waals surface area contributed by atoms with E-state index < -0.39 is 5.92 Å². The Morgan fingerprint density at radius 1 is 1.20 bits per heavy atom. The molecule has 2 aromatic carbocycles. The van der Waals surface area contributed by atoms with Gasteiger partial charge in [0.1, 0.15) is 5.82 Å². The van der Waals surface area contributed by atoms with Gasteiger partial charge in [-0.25, -0.2) is 9.07 Å². The quantitative estimate of drug-likeness (QED) is 0.698. The van der Waals surface area contributed by atoms with Crippen molar-refractivity contribution in [1.82, 2.24) is 20.3 Å². The molecule has 0 fully saturated rings. The number of aromatic nitrogens is 3. The highest BCUT2D eigenvalue weighted by atomic mass is 19.1. The SMILES string of the molecule is Cc1cn(-c2ccc(C)c(NC(=O)C3=CNC(=O)CC3c3ccc(F)cc3)c2)nn1. The number of halogens is 1. The van der Waals surface area contributed by atoms with Crippen LogP contribution in [0.3, 0.4) is 0 Å². The number of anilines is 1. The van der Waals surface area contributed by atoms with E-state index in [0.717, 1.165) is 16.9 Å². The first kappa shape index (κ1) is 19.5. The molecule has 1 aliphatic heterocycles. The molecule has 7 nitrogen and oxygen atoms in total. The molecule has 0 radical (unpaired) electrons. The van der Waals surface area contributed by atoms with Crippen LogP contribution in [-0.2, 0) is 9.59 Å². The molecule has 1 unspecified atom stereocenters. The van der Waals surface area contributed by atoms with E-state index in [1.807, 2.05) is 32.0 Å². The largest absolute Gasteiger partial charge is 0.332 e. The molecule has 152 valence electrons. The molecule has 0 saturated heterocycles. The van der Waals surface area contributed by atoms with Crippen molar-refractivity contribution in [1.29, 1.82) is 0 Å². The summed E-state index contributed by atoms with van der Waals surface area (Å²) in [6.45, 7) is 3.74. The maximum atomic E-state index is 13.3. The van der Waals surface area contributed by atoms with E-state index >= 15 is 0 Å². The standard InChI is InChI=1S/C22H20FN5O2/c1-13-3-8-17(28-12-14(2)26-27-28)9-20(13)25-22(30)19-11-24-21(29)10-18(19)15-4-6-16(23)7-5-15/h3-9,11-12,18H,10H2,1-2H3,(H,24,29)(H,25,30). The van der Waals surface area contributed by atoms with Crippen LogP contribution in [0.2, 0.25) is 0 Å². The maximum absolute atomic E-state index is 13.3. The maximum Gasteiger partial charge on any atom is 0.253 e. The Morgan fingerprint density at radius 3 is 2.67 bits per heavy atom. The van der Waals surface area contributed by atoms with Crippen molar-refractivity contribution >= 4 is 17.5 Å². The van der Waals surface area contributed by atoms with E-state index in [2.05, 4.69) is 20.9 Å². The molecule has 8 heteroatoms. The average molecular weight is 405 g/mol. The summed E-state index contributed by atoms with van der Waals surface area (Å²) in [5.41, 5.74) is 4.16. The topological polar surface area (TPSA) is 88.9 Å². The van der Waals surface area contributed by atoms with Crippen LogP contribution in [0.1, 0.15) is 29.2 Å². The number of rotatable bonds is 4. The van der Waals surface area contributed by atoms with Crippen LogP contribution in [0.4, 0.5) is 10.1 Å². The third-order valence-corrected chi connectivity index (χ3v) is 5.03. The summed E-state index contributed by atoms with van der Waals surface area (Å²) >= 11 is 0. The van der Waals surface area contributed by atoms with E-state index in [1.165, 1.54) is 18.3 Å². The number of hydrogen-bond acceptors (Lipinski definition) is 4. The lowest BCUT2D eigenvalue weighted by atomic mass is 9.86. The molecule has 0 saturated carbocycles. The van der Waals surface area contributed by atoms with Gasteiger partial charge in [-0.1, -0.05) is 23.4 Å². The summed E-state index contributed by atoms with van der Waals surface area (Å²) < 4.78 is 14.9. The van der Waals surface area contributed by atoms with Crippen molar-refractivity contribution in [2.24, 2.45) is 0 Å². The van der Waals surface area contributed by atoms with Crippen molar-refractivity contribution in [2.45, 2.75) is 26.2 Å². The van der Waals surface area contributed by atoms with Gasteiger partial charge in [-0.15, -0.1) is 5.10 Å². The highest BCUT2D eigenvalue weighted by Crippen LogP contribution is 2.31. The predicted molar refractivity (Wildman–Crippen MR) is 109 cm³/mol. The minimum Gasteiger partial charge on any atom is -0.332 e. The monoisotopic (exact) mass is 405 g/mol. The minimum atomic E-state index is -0.458.